The van der Waals surface area contributed by atoms with Gasteiger partial charge in [-0.1, -0.05) is 6.07 Å². The zero-order chi connectivity index (χ0) is 21.3. The lowest BCUT2D eigenvalue weighted by molar-refractivity contribution is 0.0389. The highest BCUT2D eigenvalue weighted by molar-refractivity contribution is 5.96. The summed E-state index contributed by atoms with van der Waals surface area (Å²) in [5.74, 6) is -1.15. The fraction of sp³-hybridized carbons (Fsp3) is 0.304. The van der Waals surface area contributed by atoms with Crippen LogP contribution >= 0.6 is 0 Å². The average molecular weight is 409 g/mol. The van der Waals surface area contributed by atoms with Gasteiger partial charge in [0, 0.05) is 44.0 Å². The van der Waals surface area contributed by atoms with E-state index in [1.807, 2.05) is 18.2 Å². The molecule has 0 spiro atoms. The maximum absolute atomic E-state index is 13.4. The van der Waals surface area contributed by atoms with Crippen molar-refractivity contribution < 1.29 is 13.9 Å². The van der Waals surface area contributed by atoms with E-state index in [2.05, 4.69) is 4.90 Å². The molecule has 0 radical (unpaired) electrons. The molecule has 4 rings (SSSR count). The third kappa shape index (κ3) is 3.99. The van der Waals surface area contributed by atoms with Crippen LogP contribution in [0.1, 0.15) is 28.8 Å². The fourth-order valence-corrected chi connectivity index (χ4v) is 4.03. The monoisotopic (exact) mass is 409 g/mol. The molecule has 0 saturated carbocycles. The molecule has 3 aromatic rings. The number of hydrogen-bond acceptors (Lipinski definition) is 4. The predicted molar refractivity (Wildman–Crippen MR) is 113 cm³/mol. The molecule has 1 aromatic heterocycles. The molecule has 0 bridgehead atoms. The molecule has 1 aliphatic heterocycles. The molecule has 6 nitrogen and oxygen atoms in total. The summed E-state index contributed by atoms with van der Waals surface area (Å²) < 4.78 is 20.5. The van der Waals surface area contributed by atoms with E-state index in [0.29, 0.717) is 29.2 Å². The number of carbonyl (C=O) groups is 1. The minimum atomic E-state index is -0.787. The van der Waals surface area contributed by atoms with Gasteiger partial charge in [0.15, 0.2) is 0 Å². The Labute approximate surface area is 173 Å². The summed E-state index contributed by atoms with van der Waals surface area (Å²) in [6.07, 6.45) is 3.69. The van der Waals surface area contributed by atoms with Crippen LogP contribution in [-0.4, -0.2) is 41.7 Å². The number of amides is 1. The minimum Gasteiger partial charge on any atom is -0.381 e. The number of rotatable bonds is 5. The predicted octanol–water partition coefficient (Wildman–Crippen LogP) is 2.84. The van der Waals surface area contributed by atoms with Crippen molar-refractivity contribution in [3.8, 4) is 5.69 Å². The number of primary amides is 1. The van der Waals surface area contributed by atoms with Crippen molar-refractivity contribution in [2.24, 2.45) is 5.73 Å². The van der Waals surface area contributed by atoms with Crippen molar-refractivity contribution in [1.29, 1.82) is 0 Å². The van der Waals surface area contributed by atoms with Crippen LogP contribution in [0.3, 0.4) is 0 Å². The van der Waals surface area contributed by atoms with Gasteiger partial charge < -0.3 is 15.0 Å². The first-order valence-corrected chi connectivity index (χ1v) is 9.95. The van der Waals surface area contributed by atoms with Gasteiger partial charge in [-0.15, -0.1) is 0 Å². The molecule has 1 aliphatic rings. The lowest BCUT2D eigenvalue weighted by Crippen LogP contribution is -2.36. The van der Waals surface area contributed by atoms with E-state index in [0.717, 1.165) is 31.5 Å². The summed E-state index contributed by atoms with van der Waals surface area (Å²) in [4.78, 5) is 27.1. The number of piperidine rings is 1. The number of ether oxygens (including phenoxy) is 1. The van der Waals surface area contributed by atoms with E-state index in [9.17, 15) is 14.0 Å². The van der Waals surface area contributed by atoms with Gasteiger partial charge in [0.05, 0.1) is 11.6 Å². The van der Waals surface area contributed by atoms with Gasteiger partial charge in [-0.2, -0.15) is 0 Å². The van der Waals surface area contributed by atoms with Gasteiger partial charge in [-0.05, 0) is 54.8 Å². The quantitative estimate of drug-likeness (QED) is 0.703. The molecule has 0 aliphatic carbocycles. The molecule has 2 heterocycles. The zero-order valence-corrected chi connectivity index (χ0v) is 16.8. The summed E-state index contributed by atoms with van der Waals surface area (Å²) >= 11 is 0. The molecule has 1 amide bonds. The van der Waals surface area contributed by atoms with E-state index >= 15 is 0 Å². The van der Waals surface area contributed by atoms with Crippen LogP contribution in [0.2, 0.25) is 0 Å². The Balaban J connectivity index is 1.75. The number of aromatic nitrogens is 1. The summed E-state index contributed by atoms with van der Waals surface area (Å²) in [6, 6.07) is 11.5. The van der Waals surface area contributed by atoms with Crippen LogP contribution in [0.5, 0.6) is 0 Å². The first-order valence-electron chi connectivity index (χ1n) is 9.95. The Morgan fingerprint density at radius 2 is 1.87 bits per heavy atom. The Kier molecular flexibility index (Phi) is 5.65. The third-order valence-corrected chi connectivity index (χ3v) is 5.71. The Hall–Kier alpha value is -3.03. The van der Waals surface area contributed by atoms with E-state index in [1.165, 1.54) is 18.3 Å². The molecule has 1 saturated heterocycles. The van der Waals surface area contributed by atoms with E-state index in [4.69, 9.17) is 10.5 Å². The highest BCUT2D eigenvalue weighted by Crippen LogP contribution is 2.22. The summed E-state index contributed by atoms with van der Waals surface area (Å²) in [7, 11) is 1.74. The van der Waals surface area contributed by atoms with Crippen molar-refractivity contribution in [3.63, 3.8) is 0 Å². The number of fused-ring (bicyclic) bond motifs is 1. The lowest BCUT2D eigenvalue weighted by Gasteiger charge is -2.31. The smallest absolute Gasteiger partial charge is 0.254 e. The highest BCUT2D eigenvalue weighted by atomic mass is 19.1. The van der Waals surface area contributed by atoms with Crippen molar-refractivity contribution in [2.75, 3.05) is 20.2 Å². The van der Waals surface area contributed by atoms with Crippen LogP contribution in [-0.2, 0) is 11.3 Å². The van der Waals surface area contributed by atoms with E-state index in [-0.39, 0.29) is 11.4 Å². The number of nitrogens with two attached hydrogens (primary N) is 1. The van der Waals surface area contributed by atoms with Crippen molar-refractivity contribution in [1.82, 2.24) is 9.47 Å². The lowest BCUT2D eigenvalue weighted by atomic mass is 10.0. The number of halogens is 1. The van der Waals surface area contributed by atoms with E-state index < -0.39 is 11.3 Å². The number of nitrogens with zero attached hydrogens (tertiary/aromatic N) is 2. The van der Waals surface area contributed by atoms with E-state index in [1.54, 1.807) is 23.8 Å². The summed E-state index contributed by atoms with van der Waals surface area (Å²) in [6.45, 7) is 2.57. The second-order valence-electron chi connectivity index (χ2n) is 7.65. The van der Waals surface area contributed by atoms with Gasteiger partial charge in [-0.3, -0.25) is 14.5 Å². The molecule has 7 heteroatoms. The number of methoxy groups -OCH3 is 1. The first-order chi connectivity index (χ1) is 14.5. The summed E-state index contributed by atoms with van der Waals surface area (Å²) in [5.41, 5.74) is 7.24. The molecule has 2 aromatic carbocycles. The SMILES string of the molecule is COC1CCN(Cc2ccc3c(c2)c(=O)c(C(N)=O)cn3-c2ccc(F)cc2)CC1. The number of carbonyl (C=O) groups excluding carboxylic acids is 1. The third-order valence-electron chi connectivity index (χ3n) is 5.71. The van der Waals surface area contributed by atoms with Crippen LogP contribution in [0, 0.1) is 5.82 Å². The van der Waals surface area contributed by atoms with Crippen molar-refractivity contribution in [3.05, 3.63) is 75.8 Å². The van der Waals surface area contributed by atoms with Gasteiger partial charge in [0.2, 0.25) is 5.43 Å². The first kappa shape index (κ1) is 20.3. The fourth-order valence-electron chi connectivity index (χ4n) is 4.03. The second-order valence-corrected chi connectivity index (χ2v) is 7.65. The average Bonchev–Trinajstić information content (AvgIpc) is 2.75. The topological polar surface area (TPSA) is 77.6 Å². The van der Waals surface area contributed by atoms with Crippen LogP contribution < -0.4 is 11.2 Å². The molecule has 2 N–H and O–H groups in total. The molecule has 0 atom stereocenters. The largest absolute Gasteiger partial charge is 0.381 e. The van der Waals surface area contributed by atoms with Crippen LogP contribution in [0.15, 0.2) is 53.5 Å². The normalized spacial score (nSPS) is 15.5. The number of pyridine rings is 1. The zero-order valence-electron chi connectivity index (χ0n) is 16.8. The molecule has 1 fully saturated rings. The maximum Gasteiger partial charge on any atom is 0.254 e. The molecular formula is C23H24FN3O3. The summed E-state index contributed by atoms with van der Waals surface area (Å²) in [5, 5.41) is 0.417. The molecular weight excluding hydrogens is 385 g/mol. The molecule has 30 heavy (non-hydrogen) atoms. The van der Waals surface area contributed by atoms with Gasteiger partial charge in [0.1, 0.15) is 11.4 Å². The second kappa shape index (κ2) is 8.38. The van der Waals surface area contributed by atoms with Gasteiger partial charge >= 0.3 is 0 Å². The van der Waals surface area contributed by atoms with Crippen molar-refractivity contribution >= 4 is 16.8 Å². The number of hydrogen-bond donors (Lipinski definition) is 1. The molecule has 156 valence electrons. The van der Waals surface area contributed by atoms with Crippen molar-refractivity contribution in [2.45, 2.75) is 25.5 Å². The number of likely N-dealkylation sites (tertiary alicyclic amines) is 1. The Morgan fingerprint density at radius 1 is 1.17 bits per heavy atom. The minimum absolute atomic E-state index is 0.0927. The van der Waals surface area contributed by atoms with Crippen LogP contribution in [0.4, 0.5) is 4.39 Å². The van der Waals surface area contributed by atoms with Crippen LogP contribution in [0.25, 0.3) is 16.6 Å². The number of benzene rings is 2. The highest BCUT2D eigenvalue weighted by Gasteiger charge is 2.20. The molecule has 0 unspecified atom stereocenters. The maximum atomic E-state index is 13.4. The Bertz CT molecular complexity index is 1130. The van der Waals surface area contributed by atoms with Gasteiger partial charge in [-0.25, -0.2) is 4.39 Å². The van der Waals surface area contributed by atoms with Gasteiger partial charge in [0.25, 0.3) is 5.91 Å². The standard InChI is InChI=1S/C23H24FN3O3/c1-30-18-8-10-26(11-9-18)13-15-2-7-21-19(12-15)22(28)20(23(25)29)14-27(21)17-5-3-16(24)4-6-17/h2-7,12,14,18H,8-11,13H2,1H3,(H2,25,29). The Morgan fingerprint density at radius 3 is 2.50 bits per heavy atom.